The van der Waals surface area contributed by atoms with Gasteiger partial charge in [-0.3, -0.25) is 19.3 Å². The highest BCUT2D eigenvalue weighted by Gasteiger charge is 2.58. The van der Waals surface area contributed by atoms with Gasteiger partial charge in [-0.25, -0.2) is 9.97 Å². The number of hydrogen-bond acceptors (Lipinski definition) is 8. The molecule has 0 spiro atoms. The quantitative estimate of drug-likeness (QED) is 0.194. The Kier molecular flexibility index (Phi) is 9.01. The van der Waals surface area contributed by atoms with E-state index in [4.69, 9.17) is 9.72 Å². The van der Waals surface area contributed by atoms with Crippen molar-refractivity contribution in [3.05, 3.63) is 81.9 Å². The number of ether oxygens (including phenoxy) is 1. The second kappa shape index (κ2) is 13.6. The molecule has 0 radical (unpaired) electrons. The molecule has 0 atom stereocenters. The largest absolute Gasteiger partial charge is 0.469 e. The van der Waals surface area contributed by atoms with E-state index in [1.807, 2.05) is 73.5 Å². The molecule has 53 heavy (non-hydrogen) atoms. The molecule has 2 amide bonds. The number of nitrogens with one attached hydrogen (secondary N) is 3. The van der Waals surface area contributed by atoms with Crippen LogP contribution in [0.4, 0.5) is 11.4 Å². The molecule has 2 aliphatic carbocycles. The van der Waals surface area contributed by atoms with E-state index in [2.05, 4.69) is 25.8 Å². The number of benzene rings is 2. The molecule has 4 aliphatic rings. The number of anilines is 2. The molecular weight excluding hydrogens is 669 g/mol. The van der Waals surface area contributed by atoms with Gasteiger partial charge in [-0.1, -0.05) is 24.3 Å². The molecule has 3 N–H and O–H groups in total. The van der Waals surface area contributed by atoms with Crippen LogP contribution in [0.5, 0.6) is 0 Å². The third-order valence-corrected chi connectivity index (χ3v) is 12.9. The lowest BCUT2D eigenvalue weighted by atomic mass is 9.80. The number of nitrogens with zero attached hydrogens (tertiary/aromatic N) is 5. The van der Waals surface area contributed by atoms with Crippen LogP contribution in [0.1, 0.15) is 93.7 Å². The number of imidazole rings is 2. The molecule has 2 aromatic heterocycles. The smallest absolute Gasteiger partial charge is 0.311 e. The highest BCUT2D eigenvalue weighted by Crippen LogP contribution is 2.63. The number of fused-ring (bicyclic) bond motifs is 4. The van der Waals surface area contributed by atoms with E-state index in [0.717, 1.165) is 123 Å². The topological polar surface area (TPSA) is 135 Å². The van der Waals surface area contributed by atoms with E-state index >= 15 is 0 Å². The molecule has 278 valence electrons. The average Bonchev–Trinajstić information content (AvgIpc) is 3.92. The maximum atomic E-state index is 13.8. The predicted molar refractivity (Wildman–Crippen MR) is 203 cm³/mol. The Morgan fingerprint density at radius 2 is 1.42 bits per heavy atom. The van der Waals surface area contributed by atoms with Crippen LogP contribution in [-0.2, 0) is 49.6 Å². The van der Waals surface area contributed by atoms with E-state index in [9.17, 15) is 14.4 Å². The van der Waals surface area contributed by atoms with Crippen LogP contribution >= 0.6 is 0 Å². The lowest BCUT2D eigenvalue weighted by molar-refractivity contribution is -0.152. The molecule has 0 saturated heterocycles. The number of rotatable bonds is 9. The number of aromatic nitrogens is 4. The zero-order valence-electron chi connectivity index (χ0n) is 31.5. The SMILES string of the molecule is COC(=O)C12CCC(CCN3CCc4c(nc(C(=O)Nc5cccc(-c6cccc(NC(=O)c7nc8c(n7C)CCNC8)c6C)c5C)n4C)C3)(CC1)C2. The molecule has 12 heteroatoms. The van der Waals surface area contributed by atoms with Crippen molar-refractivity contribution in [1.82, 2.24) is 29.3 Å². The molecule has 4 aromatic rings. The fourth-order valence-corrected chi connectivity index (χ4v) is 9.67. The van der Waals surface area contributed by atoms with Gasteiger partial charge in [-0.15, -0.1) is 0 Å². The zero-order chi connectivity index (χ0) is 37.1. The van der Waals surface area contributed by atoms with Crippen LogP contribution in [0.25, 0.3) is 11.1 Å². The fraction of sp³-hybridized carbons (Fsp3) is 0.488. The van der Waals surface area contributed by atoms with Gasteiger partial charge in [0.2, 0.25) is 0 Å². The third-order valence-electron chi connectivity index (χ3n) is 12.9. The van der Waals surface area contributed by atoms with Crippen molar-refractivity contribution >= 4 is 29.2 Å². The summed E-state index contributed by atoms with van der Waals surface area (Å²) in [6.45, 7) is 8.16. The van der Waals surface area contributed by atoms with Crippen molar-refractivity contribution in [1.29, 1.82) is 0 Å². The maximum absolute atomic E-state index is 13.8. The van der Waals surface area contributed by atoms with Crippen molar-refractivity contribution in [3.63, 3.8) is 0 Å². The van der Waals surface area contributed by atoms with Gasteiger partial charge in [-0.2, -0.15) is 0 Å². The van der Waals surface area contributed by atoms with E-state index in [1.165, 1.54) is 7.11 Å². The second-order valence-electron chi connectivity index (χ2n) is 15.8. The number of carbonyl (C=O) groups is 3. The number of amides is 2. The summed E-state index contributed by atoms with van der Waals surface area (Å²) in [4.78, 5) is 51.7. The summed E-state index contributed by atoms with van der Waals surface area (Å²) >= 11 is 0. The molecule has 2 bridgehead atoms. The Morgan fingerprint density at radius 3 is 2.00 bits per heavy atom. The lowest BCUT2D eigenvalue weighted by Gasteiger charge is -2.32. The number of hydrogen-bond donors (Lipinski definition) is 3. The average molecular weight is 719 g/mol. The van der Waals surface area contributed by atoms with Crippen molar-refractivity contribution in [2.45, 2.75) is 78.3 Å². The third kappa shape index (κ3) is 6.15. The minimum absolute atomic E-state index is 0.0248. The van der Waals surface area contributed by atoms with Crippen LogP contribution in [-0.4, -0.2) is 68.5 Å². The van der Waals surface area contributed by atoms with E-state index in [1.54, 1.807) is 0 Å². The summed E-state index contributed by atoms with van der Waals surface area (Å²) in [5.74, 6) is 0.299. The second-order valence-corrected chi connectivity index (χ2v) is 15.8. The Balaban J connectivity index is 0.944. The van der Waals surface area contributed by atoms with Crippen molar-refractivity contribution in [2.24, 2.45) is 24.9 Å². The summed E-state index contributed by atoms with van der Waals surface area (Å²) < 4.78 is 9.02. The van der Waals surface area contributed by atoms with Gasteiger partial charge in [0.05, 0.1) is 23.9 Å². The van der Waals surface area contributed by atoms with Gasteiger partial charge < -0.3 is 29.8 Å². The first-order chi connectivity index (χ1) is 25.5. The summed E-state index contributed by atoms with van der Waals surface area (Å²) in [6, 6.07) is 11.8. The molecule has 12 nitrogen and oxygen atoms in total. The lowest BCUT2D eigenvalue weighted by Crippen LogP contribution is -2.34. The molecule has 4 heterocycles. The first kappa shape index (κ1) is 35.2. The first-order valence-corrected chi connectivity index (χ1v) is 18.9. The van der Waals surface area contributed by atoms with Crippen LogP contribution in [0.3, 0.4) is 0 Å². The Bertz CT molecular complexity index is 2120. The van der Waals surface area contributed by atoms with Crippen LogP contribution in [0.2, 0.25) is 0 Å². The highest BCUT2D eigenvalue weighted by molar-refractivity contribution is 6.04. The van der Waals surface area contributed by atoms with Gasteiger partial charge in [-0.05, 0) is 98.7 Å². The van der Waals surface area contributed by atoms with Gasteiger partial charge in [0.1, 0.15) is 0 Å². The van der Waals surface area contributed by atoms with Crippen LogP contribution in [0, 0.1) is 24.7 Å². The Labute approximate surface area is 310 Å². The van der Waals surface area contributed by atoms with Gasteiger partial charge >= 0.3 is 5.97 Å². The summed E-state index contributed by atoms with van der Waals surface area (Å²) in [7, 11) is 5.35. The van der Waals surface area contributed by atoms with E-state index in [0.29, 0.717) is 29.6 Å². The van der Waals surface area contributed by atoms with Crippen molar-refractivity contribution in [3.8, 4) is 11.1 Å². The Morgan fingerprint density at radius 1 is 0.830 bits per heavy atom. The van der Waals surface area contributed by atoms with E-state index < -0.39 is 0 Å². The predicted octanol–water partition coefficient (Wildman–Crippen LogP) is 5.46. The molecule has 0 unspecified atom stereocenters. The van der Waals surface area contributed by atoms with Crippen LogP contribution in [0.15, 0.2) is 36.4 Å². The molecule has 8 rings (SSSR count). The highest BCUT2D eigenvalue weighted by atomic mass is 16.5. The Hall–Kier alpha value is -4.81. The van der Waals surface area contributed by atoms with Crippen molar-refractivity contribution in [2.75, 3.05) is 37.4 Å². The fourth-order valence-electron chi connectivity index (χ4n) is 9.67. The minimum atomic E-state index is -0.260. The summed E-state index contributed by atoms with van der Waals surface area (Å²) in [6.07, 6.45) is 7.80. The van der Waals surface area contributed by atoms with Crippen LogP contribution < -0.4 is 16.0 Å². The monoisotopic (exact) mass is 718 g/mol. The maximum Gasteiger partial charge on any atom is 0.311 e. The van der Waals surface area contributed by atoms with Gasteiger partial charge in [0, 0.05) is 75.9 Å². The van der Waals surface area contributed by atoms with Crippen molar-refractivity contribution < 1.29 is 19.1 Å². The standard InChI is InChI=1S/C41H50N8O4/c1-25-27(8-6-10-29(25)45-37(50)35-43-31-22-42-19-12-33(31)47(35)3)28-9-7-11-30(26(28)2)46-38(51)36-44-32-23-49(20-13-34(32)48(36)4)21-18-40-14-16-41(24-40,17-15-40)39(52)53-5/h6-11,42H,12-24H2,1-5H3,(H,45,50)(H,46,51). The number of methoxy groups -OCH3 is 1. The summed E-state index contributed by atoms with van der Waals surface area (Å²) in [5, 5.41) is 9.57. The first-order valence-electron chi connectivity index (χ1n) is 18.9. The normalized spacial score (nSPS) is 22.0. The summed E-state index contributed by atoms with van der Waals surface area (Å²) in [5.41, 5.74) is 9.30. The zero-order valence-corrected chi connectivity index (χ0v) is 31.5. The molecule has 2 fully saturated rings. The molecule has 2 saturated carbocycles. The van der Waals surface area contributed by atoms with Gasteiger partial charge in [0.25, 0.3) is 11.8 Å². The minimum Gasteiger partial charge on any atom is -0.469 e. The van der Waals surface area contributed by atoms with E-state index in [-0.39, 0.29) is 28.6 Å². The molecule has 2 aliphatic heterocycles. The van der Waals surface area contributed by atoms with Gasteiger partial charge in [0.15, 0.2) is 11.6 Å². The molecule has 2 aromatic carbocycles. The number of carbonyl (C=O) groups excluding carboxylic acids is 3. The molecular formula is C41H50N8O4. The number of esters is 1.